The van der Waals surface area contributed by atoms with Crippen molar-refractivity contribution < 1.29 is 19.7 Å². The van der Waals surface area contributed by atoms with E-state index in [9.17, 15) is 20.3 Å². The second-order valence-electron chi connectivity index (χ2n) is 7.92. The molecule has 0 spiro atoms. The molecule has 0 bridgehead atoms. The molecule has 5 nitrogen and oxygen atoms in total. The predicted molar refractivity (Wildman–Crippen MR) is 118 cm³/mol. The highest BCUT2D eigenvalue weighted by atomic mass is 32.2. The molecule has 6 heteroatoms. The van der Waals surface area contributed by atoms with E-state index in [0.29, 0.717) is 24.3 Å². The molecule has 0 saturated carbocycles. The van der Waals surface area contributed by atoms with Crippen molar-refractivity contribution in [1.82, 2.24) is 0 Å². The smallest absolute Gasteiger partial charge is 0.305 e. The summed E-state index contributed by atoms with van der Waals surface area (Å²) >= 11 is 1.62. The van der Waals surface area contributed by atoms with Gasteiger partial charge in [0, 0.05) is 29.2 Å². The zero-order valence-electron chi connectivity index (χ0n) is 18.1. The molecule has 0 fully saturated rings. The molecule has 1 aliphatic carbocycles. The van der Waals surface area contributed by atoms with Crippen LogP contribution in [0.15, 0.2) is 22.6 Å². The first-order chi connectivity index (χ1) is 13.9. The van der Waals surface area contributed by atoms with Crippen molar-refractivity contribution in [2.75, 3.05) is 12.9 Å². The lowest BCUT2D eigenvalue weighted by Crippen LogP contribution is -2.15. The fourth-order valence-corrected chi connectivity index (χ4v) is 4.85. The van der Waals surface area contributed by atoms with E-state index in [1.54, 1.807) is 17.8 Å². The third-order valence-corrected chi connectivity index (χ3v) is 6.63. The van der Waals surface area contributed by atoms with Crippen molar-refractivity contribution in [3.05, 3.63) is 22.6 Å². The SMILES string of the molecule is CCCC[C@@H](C)C[C@H](O)/C=C/[C@@H]1C(SCCCCCC(=O)OC)=C(C#N)C[C@H]1O. The van der Waals surface area contributed by atoms with Crippen LogP contribution in [0.25, 0.3) is 0 Å². The van der Waals surface area contributed by atoms with Gasteiger partial charge in [0.1, 0.15) is 0 Å². The Bertz CT molecular complexity index is 596. The van der Waals surface area contributed by atoms with Crippen LogP contribution in [0.1, 0.15) is 71.6 Å². The van der Waals surface area contributed by atoms with Crippen molar-refractivity contribution in [1.29, 1.82) is 5.26 Å². The van der Waals surface area contributed by atoms with Crippen LogP contribution < -0.4 is 0 Å². The van der Waals surface area contributed by atoms with E-state index in [4.69, 9.17) is 0 Å². The van der Waals surface area contributed by atoms with E-state index in [0.717, 1.165) is 49.2 Å². The van der Waals surface area contributed by atoms with E-state index >= 15 is 0 Å². The van der Waals surface area contributed by atoms with Gasteiger partial charge in [-0.2, -0.15) is 5.26 Å². The number of unbranched alkanes of at least 4 members (excludes halogenated alkanes) is 3. The topological polar surface area (TPSA) is 90.5 Å². The summed E-state index contributed by atoms with van der Waals surface area (Å²) in [4.78, 5) is 12.1. The first-order valence-corrected chi connectivity index (χ1v) is 11.8. The van der Waals surface area contributed by atoms with Gasteiger partial charge in [-0.1, -0.05) is 51.7 Å². The Hall–Kier alpha value is -1.29. The highest BCUT2D eigenvalue weighted by molar-refractivity contribution is 8.03. The van der Waals surface area contributed by atoms with Gasteiger partial charge in [-0.3, -0.25) is 4.79 Å². The quantitative estimate of drug-likeness (QED) is 0.238. The van der Waals surface area contributed by atoms with Gasteiger partial charge in [0.25, 0.3) is 0 Å². The first kappa shape index (κ1) is 25.7. The summed E-state index contributed by atoms with van der Waals surface area (Å²) in [5, 5.41) is 30.2. The van der Waals surface area contributed by atoms with E-state index in [-0.39, 0.29) is 11.9 Å². The number of aliphatic hydroxyl groups excluding tert-OH is 2. The third kappa shape index (κ3) is 9.84. The summed E-state index contributed by atoms with van der Waals surface area (Å²) < 4.78 is 4.64. The Balaban J connectivity index is 2.53. The Morgan fingerprint density at radius 1 is 1.38 bits per heavy atom. The number of ether oxygens (including phenoxy) is 1. The molecule has 0 unspecified atom stereocenters. The highest BCUT2D eigenvalue weighted by Gasteiger charge is 2.32. The normalized spacial score (nSPS) is 21.4. The molecule has 0 aromatic carbocycles. The van der Waals surface area contributed by atoms with Gasteiger partial charge in [-0.25, -0.2) is 0 Å². The average Bonchev–Trinajstić information content (AvgIpc) is 3.01. The fraction of sp³-hybridized carbons (Fsp3) is 0.739. The molecule has 0 saturated heterocycles. The maximum atomic E-state index is 11.1. The van der Waals surface area contributed by atoms with Crippen molar-refractivity contribution in [2.24, 2.45) is 11.8 Å². The van der Waals surface area contributed by atoms with Crippen LogP contribution >= 0.6 is 11.8 Å². The van der Waals surface area contributed by atoms with Crippen LogP contribution in [0.3, 0.4) is 0 Å². The fourth-order valence-electron chi connectivity index (χ4n) is 3.55. The van der Waals surface area contributed by atoms with Gasteiger partial charge in [0.2, 0.25) is 0 Å². The third-order valence-electron chi connectivity index (χ3n) is 5.31. The number of hydrogen-bond acceptors (Lipinski definition) is 6. The molecular weight excluding hydrogens is 386 g/mol. The van der Waals surface area contributed by atoms with Crippen LogP contribution in [0, 0.1) is 23.2 Å². The van der Waals surface area contributed by atoms with Gasteiger partial charge in [-0.15, -0.1) is 11.8 Å². The molecule has 4 atom stereocenters. The molecule has 0 aliphatic heterocycles. The molecule has 0 amide bonds. The molecule has 0 aromatic rings. The first-order valence-electron chi connectivity index (χ1n) is 10.8. The van der Waals surface area contributed by atoms with Crippen LogP contribution in [0.5, 0.6) is 0 Å². The van der Waals surface area contributed by atoms with Crippen LogP contribution in [-0.2, 0) is 9.53 Å². The number of carbonyl (C=O) groups is 1. The second-order valence-corrected chi connectivity index (χ2v) is 9.06. The van der Waals surface area contributed by atoms with Crippen molar-refractivity contribution >= 4 is 17.7 Å². The van der Waals surface area contributed by atoms with Crippen LogP contribution in [0.2, 0.25) is 0 Å². The van der Waals surface area contributed by atoms with E-state index < -0.39 is 12.2 Å². The number of aliphatic hydroxyl groups is 2. The molecule has 1 aliphatic rings. The van der Waals surface area contributed by atoms with E-state index in [1.807, 2.05) is 6.08 Å². The van der Waals surface area contributed by atoms with Crippen LogP contribution in [0.4, 0.5) is 0 Å². The predicted octanol–water partition coefficient (Wildman–Crippen LogP) is 4.74. The highest BCUT2D eigenvalue weighted by Crippen LogP contribution is 2.40. The number of thioether (sulfide) groups is 1. The monoisotopic (exact) mass is 423 g/mol. The minimum atomic E-state index is -0.604. The zero-order valence-corrected chi connectivity index (χ0v) is 18.9. The standard InChI is InChI=1S/C23H37NO4S/c1-4-5-9-17(2)14-19(25)11-12-20-21(26)15-18(16-24)23(20)29-13-8-6-7-10-22(27)28-3/h11-12,17,19-21,25-26H,4-10,13-15H2,1-3H3/b12-11+/t17-,19-,20+,21-/m1/s1. The van der Waals surface area contributed by atoms with Gasteiger partial charge in [0.15, 0.2) is 0 Å². The summed E-state index contributed by atoms with van der Waals surface area (Å²) in [5.74, 6) is 0.909. The molecular formula is C23H37NO4S. The largest absolute Gasteiger partial charge is 0.469 e. The van der Waals surface area contributed by atoms with E-state index in [1.165, 1.54) is 13.5 Å². The summed E-state index contributed by atoms with van der Waals surface area (Å²) in [6.07, 6.45) is 10.2. The molecule has 1 rings (SSSR count). The van der Waals surface area contributed by atoms with E-state index in [2.05, 4.69) is 24.7 Å². The number of rotatable bonds is 14. The maximum Gasteiger partial charge on any atom is 0.305 e. The maximum absolute atomic E-state index is 11.1. The van der Waals surface area contributed by atoms with Gasteiger partial charge in [-0.05, 0) is 30.9 Å². The van der Waals surface area contributed by atoms with Crippen molar-refractivity contribution in [2.45, 2.75) is 83.8 Å². The molecule has 0 radical (unpaired) electrons. The summed E-state index contributed by atoms with van der Waals surface area (Å²) in [7, 11) is 1.40. The number of nitrogens with zero attached hydrogens (tertiary/aromatic N) is 1. The minimum absolute atomic E-state index is 0.182. The lowest BCUT2D eigenvalue weighted by atomic mass is 9.96. The molecule has 164 valence electrons. The summed E-state index contributed by atoms with van der Waals surface area (Å²) in [6, 6.07) is 2.23. The lowest BCUT2D eigenvalue weighted by Gasteiger charge is -2.17. The summed E-state index contributed by atoms with van der Waals surface area (Å²) in [6.45, 7) is 4.33. The average molecular weight is 424 g/mol. The number of methoxy groups -OCH3 is 1. The Labute approximate surface area is 180 Å². The van der Waals surface area contributed by atoms with Gasteiger partial charge < -0.3 is 14.9 Å². The van der Waals surface area contributed by atoms with Crippen molar-refractivity contribution in [3.8, 4) is 6.07 Å². The molecule has 0 heterocycles. The van der Waals surface area contributed by atoms with Gasteiger partial charge in [0.05, 0.1) is 25.4 Å². The lowest BCUT2D eigenvalue weighted by molar-refractivity contribution is -0.140. The Morgan fingerprint density at radius 2 is 2.14 bits per heavy atom. The van der Waals surface area contributed by atoms with Gasteiger partial charge >= 0.3 is 5.97 Å². The number of hydrogen-bond donors (Lipinski definition) is 2. The number of nitriles is 1. The molecule has 29 heavy (non-hydrogen) atoms. The zero-order chi connectivity index (χ0) is 21.6. The summed E-state index contributed by atoms with van der Waals surface area (Å²) in [5.41, 5.74) is 0.650. The second kappa shape index (κ2) is 14.7. The Morgan fingerprint density at radius 3 is 2.79 bits per heavy atom. The molecule has 0 aromatic heterocycles. The minimum Gasteiger partial charge on any atom is -0.469 e. The number of esters is 1. The van der Waals surface area contributed by atoms with Crippen molar-refractivity contribution in [3.63, 3.8) is 0 Å². The van der Waals surface area contributed by atoms with Crippen LogP contribution in [-0.4, -0.2) is 41.3 Å². The molecule has 2 N–H and O–H groups in total. The Kier molecular flexibility index (Phi) is 13.0. The number of carbonyl (C=O) groups excluding carboxylic acids is 1.